The Labute approximate surface area is 422 Å². The lowest BCUT2D eigenvalue weighted by Gasteiger charge is -2.13. The van der Waals surface area contributed by atoms with Crippen molar-refractivity contribution < 1.29 is 63.4 Å². The molecule has 0 spiro atoms. The molecule has 0 aliphatic heterocycles. The van der Waals surface area contributed by atoms with Gasteiger partial charge in [0.2, 0.25) is 19.7 Å². The molecule has 2 N–H and O–H groups in total. The van der Waals surface area contributed by atoms with Gasteiger partial charge in [-0.15, -0.1) is 4.33 Å². The Morgan fingerprint density at radius 2 is 0.847 bits per heavy atom. The van der Waals surface area contributed by atoms with Crippen molar-refractivity contribution >= 4 is 41.8 Å². The maximum absolute atomic E-state index is 13.6. The topological polar surface area (TPSA) is 198 Å². The molecule has 0 saturated heterocycles. The van der Waals surface area contributed by atoms with Crippen molar-refractivity contribution in [2.24, 2.45) is 0 Å². The lowest BCUT2D eigenvalue weighted by Crippen LogP contribution is -2.07. The number of hydrogen-bond acceptors (Lipinski definition) is 14. The summed E-state index contributed by atoms with van der Waals surface area (Å²) in [5.41, 5.74) is 5.53. The van der Waals surface area contributed by atoms with Gasteiger partial charge in [-0.05, 0) is 176 Å². The number of hydrogen-bond donors (Lipinski definition) is 2. The normalized spacial score (nSPS) is 11.8. The van der Waals surface area contributed by atoms with E-state index in [1.165, 1.54) is 66.3 Å². The van der Waals surface area contributed by atoms with E-state index in [1.54, 1.807) is 60.7 Å². The molecule has 8 rings (SSSR count). The second kappa shape index (κ2) is 22.6. The van der Waals surface area contributed by atoms with Crippen LogP contribution in [0.4, 0.5) is 0 Å². The van der Waals surface area contributed by atoms with Crippen LogP contribution in [0.1, 0.15) is 29.5 Å². The van der Waals surface area contributed by atoms with Gasteiger partial charge >= 0.3 is 0 Å². The highest BCUT2D eigenvalue weighted by Crippen LogP contribution is 2.39. The molecule has 0 aromatic heterocycles. The number of ether oxygens (including phenoxy) is 4. The van der Waals surface area contributed by atoms with Crippen LogP contribution in [0, 0.1) is 6.92 Å². The molecule has 0 aliphatic carbocycles. The molecular formula is C54H46O14S4. The third-order valence-corrected chi connectivity index (χ3v) is 16.4. The molecule has 72 heavy (non-hydrogen) atoms. The fourth-order valence-electron chi connectivity index (χ4n) is 7.50. The van der Waals surface area contributed by atoms with Gasteiger partial charge in [-0.3, -0.25) is 4.55 Å². The summed E-state index contributed by atoms with van der Waals surface area (Å²) in [5, 5.41) is 12.6. The van der Waals surface area contributed by atoms with Crippen molar-refractivity contribution in [3.05, 3.63) is 199 Å². The van der Waals surface area contributed by atoms with Crippen LogP contribution < -0.4 is 18.9 Å². The van der Waals surface area contributed by atoms with Gasteiger partial charge in [0.05, 0.1) is 43.6 Å². The highest BCUT2D eigenvalue weighted by atomic mass is 32.2. The Morgan fingerprint density at radius 3 is 1.31 bits per heavy atom. The van der Waals surface area contributed by atoms with Gasteiger partial charge in [0, 0.05) is 0 Å². The van der Waals surface area contributed by atoms with Crippen molar-refractivity contribution in [2.75, 3.05) is 7.11 Å². The predicted molar refractivity (Wildman–Crippen MR) is 270 cm³/mol. The van der Waals surface area contributed by atoms with E-state index >= 15 is 0 Å². The summed E-state index contributed by atoms with van der Waals surface area (Å²) in [4.78, 5) is -1.18. The third-order valence-electron chi connectivity index (χ3n) is 11.3. The molecule has 0 radical (unpaired) electrons. The molecule has 18 heteroatoms. The first-order chi connectivity index (χ1) is 34.6. The third kappa shape index (κ3) is 12.7. The maximum Gasteiger partial charge on any atom is 0.298 e. The smallest absolute Gasteiger partial charge is 0.298 e. The standard InChI is InChI=1S/C54H46O14S4/c1-37-7-9-38(10-8-37)5-3-4-6-39-11-17-42(18-12-39)64-44-23-27-47(28-24-44)70(56,57)48-29-25-45(26-30-48)65-43-19-13-40(14-20-43)41-15-21-46(22-16-41)66-51-33-31-49(35-53(51)69-68-67-55)71(58,59)50-32-34-52(63-2)54(36-50)72(60,61)62/h7-36,55H,3-6H2,1-2H3,(H,60,61,62). The van der Waals surface area contributed by atoms with Crippen molar-refractivity contribution in [3.8, 4) is 51.4 Å². The summed E-state index contributed by atoms with van der Waals surface area (Å²) in [6.07, 6.45) is 4.24. The monoisotopic (exact) mass is 1050 g/mol. The molecule has 0 atom stereocenters. The highest BCUT2D eigenvalue weighted by Gasteiger charge is 2.26. The van der Waals surface area contributed by atoms with Crippen LogP contribution in [0.5, 0.6) is 40.2 Å². The predicted octanol–water partition coefficient (Wildman–Crippen LogP) is 13.0. The molecule has 0 fully saturated rings. The zero-order chi connectivity index (χ0) is 50.9. The Morgan fingerprint density at radius 1 is 0.458 bits per heavy atom. The van der Waals surface area contributed by atoms with Crippen LogP contribution in [-0.2, 0) is 52.0 Å². The molecule has 0 heterocycles. The van der Waals surface area contributed by atoms with Crippen LogP contribution in [0.3, 0.4) is 0 Å². The van der Waals surface area contributed by atoms with E-state index in [4.69, 9.17) is 24.2 Å². The molecule has 0 unspecified atom stereocenters. The minimum absolute atomic E-state index is 0.0642. The van der Waals surface area contributed by atoms with Crippen molar-refractivity contribution in [1.82, 2.24) is 0 Å². The van der Waals surface area contributed by atoms with Gasteiger partial charge in [0.1, 0.15) is 45.1 Å². The minimum atomic E-state index is -4.83. The SMILES string of the molecule is COc1ccc(S(=O)(=O)c2ccc(Oc3ccc(-c4ccc(Oc5ccc(S(=O)(=O)c6ccc(Oc7ccc(CCCCc8ccc(C)cc8)cc7)cc6)cc5)cc4)cc3)c(SOOO)c2)cc1S(=O)(=O)O. The Kier molecular flexibility index (Phi) is 16.1. The summed E-state index contributed by atoms with van der Waals surface area (Å²) in [6, 6.07) is 50.1. The van der Waals surface area contributed by atoms with Crippen LogP contribution in [0.2, 0.25) is 0 Å². The number of sulfone groups is 2. The molecular weight excluding hydrogens is 1000 g/mol. The van der Waals surface area contributed by atoms with Gasteiger partial charge in [-0.2, -0.15) is 8.42 Å². The van der Waals surface area contributed by atoms with Crippen LogP contribution in [-0.4, -0.2) is 42.2 Å². The Balaban J connectivity index is 0.846. The first-order valence-corrected chi connectivity index (χ1v) is 27.3. The molecule has 0 saturated carbocycles. The molecule has 8 aromatic carbocycles. The first kappa shape index (κ1) is 51.4. The average Bonchev–Trinajstić information content (AvgIpc) is 3.38. The van der Waals surface area contributed by atoms with E-state index in [0.717, 1.165) is 55.0 Å². The number of unbranched alkanes of at least 4 members (excludes halogenated alkanes) is 1. The van der Waals surface area contributed by atoms with Gasteiger partial charge in [0.15, 0.2) is 0 Å². The number of rotatable bonds is 21. The molecule has 8 aromatic rings. The highest BCUT2D eigenvalue weighted by molar-refractivity contribution is 7.95. The summed E-state index contributed by atoms with van der Waals surface area (Å²) in [7, 11) is -11.9. The maximum atomic E-state index is 13.6. The second-order valence-electron chi connectivity index (χ2n) is 16.3. The van der Waals surface area contributed by atoms with E-state index in [-0.39, 0.29) is 31.1 Å². The van der Waals surface area contributed by atoms with Crippen molar-refractivity contribution in [2.45, 2.75) is 62.0 Å². The quantitative estimate of drug-likeness (QED) is 0.0226. The van der Waals surface area contributed by atoms with Crippen molar-refractivity contribution in [3.63, 3.8) is 0 Å². The number of methoxy groups -OCH3 is 1. The van der Waals surface area contributed by atoms with Crippen molar-refractivity contribution in [1.29, 1.82) is 0 Å². The van der Waals surface area contributed by atoms with E-state index in [2.05, 4.69) is 52.7 Å². The summed E-state index contributed by atoms with van der Waals surface area (Å²) in [5.74, 6) is 2.37. The second-order valence-corrected chi connectivity index (χ2v) is 22.3. The van der Waals surface area contributed by atoms with Crippen LogP contribution >= 0.6 is 12.0 Å². The van der Waals surface area contributed by atoms with Gasteiger partial charge < -0.3 is 18.9 Å². The van der Waals surface area contributed by atoms with Crippen LogP contribution in [0.15, 0.2) is 211 Å². The largest absolute Gasteiger partial charge is 0.495 e. The molecule has 0 amide bonds. The van der Waals surface area contributed by atoms with E-state index in [9.17, 15) is 29.8 Å². The van der Waals surface area contributed by atoms with E-state index < -0.39 is 39.6 Å². The lowest BCUT2D eigenvalue weighted by molar-refractivity contribution is -0.432. The molecule has 370 valence electrons. The summed E-state index contributed by atoms with van der Waals surface area (Å²) >= 11 is 0.450. The summed E-state index contributed by atoms with van der Waals surface area (Å²) < 4.78 is 115. The van der Waals surface area contributed by atoms with Gasteiger partial charge in [-0.25, -0.2) is 22.1 Å². The number of aryl methyl sites for hydroxylation is 3. The molecule has 0 aliphatic rings. The molecule has 0 bridgehead atoms. The fraction of sp³-hybridized carbons (Fsp3) is 0.111. The zero-order valence-corrected chi connectivity index (χ0v) is 41.8. The Hall–Kier alpha value is -7.00. The lowest BCUT2D eigenvalue weighted by atomic mass is 10.0. The minimum Gasteiger partial charge on any atom is -0.495 e. The Bertz CT molecular complexity index is 3480. The van der Waals surface area contributed by atoms with Gasteiger partial charge in [-0.1, -0.05) is 71.3 Å². The van der Waals surface area contributed by atoms with E-state index in [1.807, 2.05) is 24.3 Å². The average molecular weight is 1050 g/mol. The zero-order valence-electron chi connectivity index (χ0n) is 38.6. The molecule has 14 nitrogen and oxygen atoms in total. The summed E-state index contributed by atoms with van der Waals surface area (Å²) in [6.45, 7) is 2.10. The number of benzene rings is 8. The van der Waals surface area contributed by atoms with Gasteiger partial charge in [0.25, 0.3) is 10.1 Å². The first-order valence-electron chi connectivity index (χ1n) is 22.1. The fourth-order valence-corrected chi connectivity index (χ4v) is 11.4. The van der Waals surface area contributed by atoms with Crippen LogP contribution in [0.25, 0.3) is 11.1 Å². The van der Waals surface area contributed by atoms with E-state index in [0.29, 0.717) is 40.8 Å².